The van der Waals surface area contributed by atoms with Gasteiger partial charge < -0.3 is 79.1 Å². The lowest BCUT2D eigenvalue weighted by atomic mass is 9.96. The molecular weight excluding hydrogens is 1280 g/mol. The number of unbranched alkanes of at least 4 members (excludes halogenated alkanes) is 36. The van der Waals surface area contributed by atoms with E-state index >= 15 is 0 Å². The summed E-state index contributed by atoms with van der Waals surface area (Å²) in [5.74, 6) is -2.39. The van der Waals surface area contributed by atoms with Gasteiger partial charge in [-0.15, -0.1) is 0 Å². The minimum Gasteiger partial charge on any atom is -0.462 e. The van der Waals surface area contributed by atoms with Crippen molar-refractivity contribution < 1.29 is 106 Å². The second-order valence-electron chi connectivity index (χ2n) is 26.9. The molecule has 2 saturated heterocycles. The van der Waals surface area contributed by atoms with Gasteiger partial charge in [0.2, 0.25) is 11.8 Å². The Labute approximate surface area is 576 Å². The highest BCUT2D eigenvalue weighted by molar-refractivity contribution is 7.46. The standard InChI is InChI=1S/C70H134N2O22P2/c1-5-9-13-17-21-25-27-31-35-39-43-47-61(77)89-55(45-41-37-33-29-23-19-15-11-7-3)51-59(75)71-63-65(79)67(93-95(81,82)83)57(53-73)91-69(63)87-49-50-88-70-64(66(80)68(58(54-74)92-70)94-96(84,85)86)72-60(76)52-56(46-42-38-34-30-24-20-16-12-8-4)90-62(78)48-44-40-36-32-28-26-22-18-14-10-6-2/h55-58,63-70,73-74,79-80H,5-54H2,1-4H3,(H,71,75)(H,72,76)(H2,81,82,83)(H2,84,85,86)/t55-,56-,57-,58+,63-,64+,65-,66+,67-,68-,69-,70?/m1/s1. The molecule has 10 N–H and O–H groups in total. The molecule has 2 amide bonds. The second-order valence-corrected chi connectivity index (χ2v) is 29.3. The van der Waals surface area contributed by atoms with Crippen LogP contribution in [0.3, 0.4) is 0 Å². The van der Waals surface area contributed by atoms with Crippen LogP contribution in [-0.2, 0) is 65.8 Å². The lowest BCUT2D eigenvalue weighted by Gasteiger charge is -2.44. The molecule has 0 aliphatic carbocycles. The van der Waals surface area contributed by atoms with Gasteiger partial charge in [-0.2, -0.15) is 0 Å². The van der Waals surface area contributed by atoms with Gasteiger partial charge in [0.25, 0.3) is 0 Å². The summed E-state index contributed by atoms with van der Waals surface area (Å²) >= 11 is 0. The van der Waals surface area contributed by atoms with E-state index in [-0.39, 0.29) is 25.7 Å². The van der Waals surface area contributed by atoms with E-state index in [0.29, 0.717) is 38.5 Å². The van der Waals surface area contributed by atoms with Crippen molar-refractivity contribution in [2.24, 2.45) is 0 Å². The number of aliphatic hydroxyl groups excluding tert-OH is 4. The molecule has 2 rings (SSSR count). The van der Waals surface area contributed by atoms with Crippen molar-refractivity contribution in [3.63, 3.8) is 0 Å². The number of hydrogen-bond donors (Lipinski definition) is 10. The van der Waals surface area contributed by atoms with Gasteiger partial charge in [0, 0.05) is 12.8 Å². The van der Waals surface area contributed by atoms with Crippen molar-refractivity contribution >= 4 is 39.4 Å². The predicted octanol–water partition coefficient (Wildman–Crippen LogP) is 12.9. The van der Waals surface area contributed by atoms with E-state index in [0.717, 1.165) is 128 Å². The number of carbonyl (C=O) groups is 4. The first-order chi connectivity index (χ1) is 46.2. The number of hydrogen-bond acceptors (Lipinski definition) is 18. The van der Waals surface area contributed by atoms with Crippen LogP contribution < -0.4 is 10.6 Å². The van der Waals surface area contributed by atoms with Crippen LogP contribution in [0, 0.1) is 0 Å². The smallest absolute Gasteiger partial charge is 0.462 e. The first-order valence-electron chi connectivity index (χ1n) is 37.8. The fourth-order valence-electron chi connectivity index (χ4n) is 12.7. The van der Waals surface area contributed by atoms with E-state index in [1.807, 2.05) is 0 Å². The summed E-state index contributed by atoms with van der Waals surface area (Å²) in [5.41, 5.74) is 0. The van der Waals surface area contributed by atoms with Gasteiger partial charge in [-0.1, -0.05) is 259 Å². The molecule has 2 heterocycles. The van der Waals surface area contributed by atoms with E-state index in [4.69, 9.17) is 37.5 Å². The van der Waals surface area contributed by atoms with Crippen molar-refractivity contribution in [1.82, 2.24) is 10.6 Å². The normalized spacial score (nSPS) is 22.2. The molecule has 2 aliphatic rings. The quantitative estimate of drug-likeness (QED) is 0.0154. The van der Waals surface area contributed by atoms with Gasteiger partial charge in [-0.3, -0.25) is 28.2 Å². The van der Waals surface area contributed by atoms with Crippen molar-refractivity contribution in [1.29, 1.82) is 0 Å². The lowest BCUT2D eigenvalue weighted by molar-refractivity contribution is -0.286. The summed E-state index contributed by atoms with van der Waals surface area (Å²) in [6, 6.07) is -3.28. The van der Waals surface area contributed by atoms with Crippen LogP contribution in [0.5, 0.6) is 0 Å². The van der Waals surface area contributed by atoms with Gasteiger partial charge in [0.15, 0.2) is 12.6 Å². The molecule has 12 atom stereocenters. The molecule has 26 heteroatoms. The highest BCUT2D eigenvalue weighted by Crippen LogP contribution is 2.43. The summed E-state index contributed by atoms with van der Waals surface area (Å²) in [6.07, 6.45) is 27.2. The molecule has 0 bridgehead atoms. The Morgan fingerprint density at radius 3 is 0.896 bits per heavy atom. The molecule has 0 spiro atoms. The summed E-state index contributed by atoms with van der Waals surface area (Å²) in [5, 5.41) is 49.4. The molecule has 2 fully saturated rings. The first kappa shape index (κ1) is 89.9. The molecule has 2 aliphatic heterocycles. The number of nitrogens with one attached hydrogen (secondary N) is 2. The summed E-state index contributed by atoms with van der Waals surface area (Å²) in [4.78, 5) is 94.3. The average molecular weight is 1420 g/mol. The third-order valence-electron chi connectivity index (χ3n) is 18.2. The highest BCUT2D eigenvalue weighted by Gasteiger charge is 2.51. The molecular formula is C70H134N2O22P2. The fourth-order valence-corrected chi connectivity index (χ4v) is 13.8. The monoisotopic (exact) mass is 1420 g/mol. The Morgan fingerprint density at radius 2 is 0.646 bits per heavy atom. The van der Waals surface area contributed by atoms with Crippen LogP contribution in [0.4, 0.5) is 0 Å². The maximum atomic E-state index is 14.1. The zero-order valence-corrected chi connectivity index (χ0v) is 61.3. The molecule has 0 aromatic heterocycles. The Kier molecular flexibility index (Phi) is 52.7. The Balaban J connectivity index is 2.30. The van der Waals surface area contributed by atoms with Gasteiger partial charge in [-0.25, -0.2) is 9.13 Å². The number of rotatable bonds is 63. The van der Waals surface area contributed by atoms with Gasteiger partial charge in [0.05, 0.1) is 39.3 Å². The van der Waals surface area contributed by atoms with E-state index in [1.54, 1.807) is 0 Å². The minimum absolute atomic E-state index is 0.168. The topological polar surface area (TPSA) is 362 Å². The van der Waals surface area contributed by atoms with Crippen molar-refractivity contribution in [3.05, 3.63) is 0 Å². The molecule has 0 aromatic rings. The number of aliphatic hydroxyl groups is 4. The second kappa shape index (κ2) is 56.3. The zero-order chi connectivity index (χ0) is 70.7. The van der Waals surface area contributed by atoms with Gasteiger partial charge >= 0.3 is 27.6 Å². The first-order valence-corrected chi connectivity index (χ1v) is 40.8. The zero-order valence-electron chi connectivity index (χ0n) is 59.5. The molecule has 566 valence electrons. The largest absolute Gasteiger partial charge is 0.470 e. The van der Waals surface area contributed by atoms with Gasteiger partial charge in [-0.05, 0) is 38.5 Å². The van der Waals surface area contributed by atoms with Crippen LogP contribution in [0.2, 0.25) is 0 Å². The maximum Gasteiger partial charge on any atom is 0.470 e. The molecule has 0 radical (unpaired) electrons. The number of amides is 2. The van der Waals surface area contributed by atoms with E-state index < -0.39 is 139 Å². The average Bonchev–Trinajstić information content (AvgIpc) is 0.826. The maximum absolute atomic E-state index is 14.1. The molecule has 1 unspecified atom stereocenters. The Bertz CT molecular complexity index is 1920. The SMILES string of the molecule is CCCCCCCCCCCCCC(=O)O[C@H](CCCCCCCCCCC)CC(=O)N[C@H]1[C@H](OCCOC2O[C@@H](CO)[C@@H](OP(=O)(O)O)[C@@H](O)[C@@H]2NC(=O)C[C@@H](CCCCCCCCCCC)OC(=O)CCCCCCCCCCCCC)O[C@H](CO)[C@@H](OP(=O)(O)O)[C@@H]1O. The summed E-state index contributed by atoms with van der Waals surface area (Å²) in [7, 11) is -10.7. The van der Waals surface area contributed by atoms with Crippen LogP contribution in [0.25, 0.3) is 0 Å². The van der Waals surface area contributed by atoms with Crippen LogP contribution in [-0.4, -0.2) is 164 Å². The van der Waals surface area contributed by atoms with Crippen LogP contribution >= 0.6 is 15.6 Å². The lowest BCUT2D eigenvalue weighted by Crippen LogP contribution is -2.66. The van der Waals surface area contributed by atoms with Crippen molar-refractivity contribution in [2.45, 2.75) is 397 Å². The predicted molar refractivity (Wildman–Crippen MR) is 368 cm³/mol. The molecule has 96 heavy (non-hydrogen) atoms. The molecule has 0 saturated carbocycles. The third-order valence-corrected chi connectivity index (χ3v) is 19.2. The van der Waals surface area contributed by atoms with Crippen molar-refractivity contribution in [2.75, 3.05) is 26.4 Å². The number of carbonyl (C=O) groups excluding carboxylic acids is 4. The number of esters is 2. The number of phosphoric ester groups is 2. The van der Waals surface area contributed by atoms with Crippen LogP contribution in [0.1, 0.15) is 323 Å². The number of ether oxygens (including phenoxy) is 6. The summed E-state index contributed by atoms with van der Waals surface area (Å²) < 4.78 is 69.9. The third kappa shape index (κ3) is 44.2. The molecule has 24 nitrogen and oxygen atoms in total. The highest BCUT2D eigenvalue weighted by atomic mass is 31.2. The van der Waals surface area contributed by atoms with E-state index in [9.17, 15) is 68.3 Å². The number of phosphoric acid groups is 2. The van der Waals surface area contributed by atoms with E-state index in [2.05, 4.69) is 38.3 Å². The van der Waals surface area contributed by atoms with Gasteiger partial charge in [0.1, 0.15) is 60.9 Å². The molecule has 0 aromatic carbocycles. The van der Waals surface area contributed by atoms with Crippen LogP contribution in [0.15, 0.2) is 0 Å². The fraction of sp³-hybridized carbons (Fsp3) is 0.943. The van der Waals surface area contributed by atoms with E-state index in [1.165, 1.54) is 103 Å². The summed E-state index contributed by atoms with van der Waals surface area (Å²) in [6.45, 7) is 5.84. The van der Waals surface area contributed by atoms with Crippen molar-refractivity contribution in [3.8, 4) is 0 Å². The minimum atomic E-state index is -5.36. The Hall–Kier alpha value is -2.22. The Morgan fingerprint density at radius 1 is 0.396 bits per heavy atom.